The van der Waals surface area contributed by atoms with Crippen LogP contribution in [0.2, 0.25) is 0 Å². The third-order valence-electron chi connectivity index (χ3n) is 4.65. The van der Waals surface area contributed by atoms with Crippen LogP contribution in [-0.2, 0) is 0 Å². The smallest absolute Gasteiger partial charge is 0.407 e. The lowest BCUT2D eigenvalue weighted by molar-refractivity contribution is 0.125. The van der Waals surface area contributed by atoms with Gasteiger partial charge in [0.25, 0.3) is 0 Å². The summed E-state index contributed by atoms with van der Waals surface area (Å²) in [6.07, 6.45) is 2.10. The van der Waals surface area contributed by atoms with Crippen molar-refractivity contribution in [2.45, 2.75) is 12.8 Å². The highest BCUT2D eigenvalue weighted by molar-refractivity contribution is 5.65. The van der Waals surface area contributed by atoms with Gasteiger partial charge < -0.3 is 20.2 Å². The van der Waals surface area contributed by atoms with Crippen molar-refractivity contribution < 1.29 is 18.7 Å². The van der Waals surface area contributed by atoms with Crippen LogP contribution in [0.4, 0.5) is 30.9 Å². The predicted molar refractivity (Wildman–Crippen MR) is 97.3 cm³/mol. The molecule has 2 N–H and O–H groups in total. The second-order valence-electron chi connectivity index (χ2n) is 6.60. The molecule has 3 rings (SSSR count). The van der Waals surface area contributed by atoms with Crippen molar-refractivity contribution in [3.05, 3.63) is 42.2 Å². The molecule has 1 fully saturated rings. The molecule has 7 nitrogen and oxygen atoms in total. The number of amides is 1. The zero-order valence-electron chi connectivity index (χ0n) is 14.9. The van der Waals surface area contributed by atoms with Crippen LogP contribution in [0.15, 0.2) is 30.6 Å². The zero-order valence-corrected chi connectivity index (χ0v) is 14.9. The van der Waals surface area contributed by atoms with Gasteiger partial charge in [0.1, 0.15) is 29.6 Å². The second-order valence-corrected chi connectivity index (χ2v) is 6.60. The van der Waals surface area contributed by atoms with Gasteiger partial charge in [0.2, 0.25) is 0 Å². The Kier molecular flexibility index (Phi) is 5.68. The Morgan fingerprint density at radius 1 is 1.30 bits per heavy atom. The van der Waals surface area contributed by atoms with Crippen LogP contribution in [0.3, 0.4) is 0 Å². The molecule has 0 bridgehead atoms. The third-order valence-corrected chi connectivity index (χ3v) is 4.65. The summed E-state index contributed by atoms with van der Waals surface area (Å²) in [5.74, 6) is 0.0871. The van der Waals surface area contributed by atoms with Gasteiger partial charge in [0, 0.05) is 38.8 Å². The minimum Gasteiger partial charge on any atom is -0.465 e. The maximum absolute atomic E-state index is 13.8. The Labute approximate surface area is 155 Å². The maximum atomic E-state index is 13.8. The summed E-state index contributed by atoms with van der Waals surface area (Å²) in [6.45, 7) is 1.80. The Bertz CT molecular complexity index is 812. The molecule has 144 valence electrons. The van der Waals surface area contributed by atoms with Crippen LogP contribution >= 0.6 is 0 Å². The SMILES string of the molecule is CN(CC1CCN(C(=O)O)CC1)c1cc(Nc2ccc(F)cc2F)ncn1. The monoisotopic (exact) mass is 377 g/mol. The van der Waals surface area contributed by atoms with Crippen LogP contribution in [0.25, 0.3) is 0 Å². The molecular formula is C18H21F2N5O2. The zero-order chi connectivity index (χ0) is 19.4. The standard InChI is InChI=1S/C18H21F2N5O2/c1-24(10-12-4-6-25(7-5-12)18(26)27)17-9-16(21-11-22-17)23-15-3-2-13(19)8-14(15)20/h2-3,8-9,11-12H,4-7,10H2,1H3,(H,26,27)(H,21,22,23). The number of hydrogen-bond donors (Lipinski definition) is 2. The molecule has 2 aromatic rings. The van der Waals surface area contributed by atoms with E-state index >= 15 is 0 Å². The maximum Gasteiger partial charge on any atom is 0.407 e. The highest BCUT2D eigenvalue weighted by Gasteiger charge is 2.23. The van der Waals surface area contributed by atoms with Gasteiger partial charge in [-0.25, -0.2) is 23.5 Å². The topological polar surface area (TPSA) is 81.6 Å². The van der Waals surface area contributed by atoms with Crippen LogP contribution in [0.1, 0.15) is 12.8 Å². The summed E-state index contributed by atoms with van der Waals surface area (Å²) in [5, 5.41) is 11.8. The number of nitrogens with zero attached hydrogens (tertiary/aromatic N) is 4. The van der Waals surface area contributed by atoms with E-state index in [1.807, 2.05) is 11.9 Å². The first-order chi connectivity index (χ1) is 12.9. The fourth-order valence-electron chi connectivity index (χ4n) is 3.14. The van der Waals surface area contributed by atoms with E-state index in [2.05, 4.69) is 15.3 Å². The molecule has 0 unspecified atom stereocenters. The summed E-state index contributed by atoms with van der Waals surface area (Å²) in [5.41, 5.74) is 0.129. The summed E-state index contributed by atoms with van der Waals surface area (Å²) < 4.78 is 26.8. The first kappa shape index (κ1) is 18.8. The van der Waals surface area contributed by atoms with Gasteiger partial charge in [-0.05, 0) is 30.9 Å². The van der Waals surface area contributed by atoms with Gasteiger partial charge in [-0.15, -0.1) is 0 Å². The number of nitrogens with one attached hydrogen (secondary N) is 1. The van der Waals surface area contributed by atoms with Crippen molar-refractivity contribution in [3.8, 4) is 0 Å². The van der Waals surface area contributed by atoms with Crippen molar-refractivity contribution in [2.24, 2.45) is 5.92 Å². The number of aromatic nitrogens is 2. The molecule has 9 heteroatoms. The lowest BCUT2D eigenvalue weighted by atomic mass is 9.96. The van der Waals surface area contributed by atoms with Gasteiger partial charge in [0.15, 0.2) is 0 Å². The molecule has 0 saturated carbocycles. The highest BCUT2D eigenvalue weighted by atomic mass is 19.1. The first-order valence-electron chi connectivity index (χ1n) is 8.65. The number of anilines is 3. The highest BCUT2D eigenvalue weighted by Crippen LogP contribution is 2.23. The summed E-state index contributed by atoms with van der Waals surface area (Å²) >= 11 is 0. The van der Waals surface area contributed by atoms with E-state index in [-0.39, 0.29) is 5.69 Å². The van der Waals surface area contributed by atoms with E-state index in [4.69, 9.17) is 5.11 Å². The van der Waals surface area contributed by atoms with Crippen molar-refractivity contribution >= 4 is 23.4 Å². The second kappa shape index (κ2) is 8.15. The number of halogens is 2. The van der Waals surface area contributed by atoms with E-state index in [1.165, 1.54) is 23.4 Å². The van der Waals surface area contributed by atoms with E-state index in [0.29, 0.717) is 30.6 Å². The number of rotatable bonds is 5. The van der Waals surface area contributed by atoms with Crippen LogP contribution in [0.5, 0.6) is 0 Å². The van der Waals surface area contributed by atoms with Crippen LogP contribution < -0.4 is 10.2 Å². The summed E-state index contributed by atoms with van der Waals surface area (Å²) in [4.78, 5) is 22.7. The van der Waals surface area contributed by atoms with Gasteiger partial charge >= 0.3 is 6.09 Å². The molecule has 0 aliphatic carbocycles. The number of benzene rings is 1. The first-order valence-corrected chi connectivity index (χ1v) is 8.65. The van der Waals surface area contributed by atoms with E-state index < -0.39 is 17.7 Å². The molecule has 0 atom stereocenters. The van der Waals surface area contributed by atoms with E-state index in [9.17, 15) is 13.6 Å². The minimum absolute atomic E-state index is 0.129. The Morgan fingerprint density at radius 3 is 2.70 bits per heavy atom. The van der Waals surface area contributed by atoms with Crippen LogP contribution in [-0.4, -0.2) is 52.7 Å². The number of piperidine rings is 1. The van der Waals surface area contributed by atoms with Crippen molar-refractivity contribution in [1.29, 1.82) is 0 Å². The van der Waals surface area contributed by atoms with Crippen molar-refractivity contribution in [3.63, 3.8) is 0 Å². The third kappa shape index (κ3) is 4.81. The van der Waals surface area contributed by atoms with Gasteiger partial charge in [0.05, 0.1) is 5.69 Å². The lowest BCUT2D eigenvalue weighted by Gasteiger charge is -2.32. The van der Waals surface area contributed by atoms with Gasteiger partial charge in [-0.2, -0.15) is 0 Å². The quantitative estimate of drug-likeness (QED) is 0.832. The fraction of sp³-hybridized carbons (Fsp3) is 0.389. The average molecular weight is 377 g/mol. The number of carboxylic acid groups (broad SMARTS) is 1. The minimum atomic E-state index is -0.874. The molecule has 1 saturated heterocycles. The molecule has 0 radical (unpaired) electrons. The van der Waals surface area contributed by atoms with Crippen molar-refractivity contribution in [2.75, 3.05) is 36.9 Å². The molecule has 1 amide bonds. The number of likely N-dealkylation sites (tertiary alicyclic amines) is 1. The average Bonchev–Trinajstić information content (AvgIpc) is 2.65. The molecule has 1 aliphatic rings. The molecular weight excluding hydrogens is 356 g/mol. The molecule has 1 aromatic heterocycles. The van der Waals surface area contributed by atoms with Gasteiger partial charge in [-0.3, -0.25) is 0 Å². The molecule has 2 heterocycles. The van der Waals surface area contributed by atoms with Gasteiger partial charge in [-0.1, -0.05) is 0 Å². The molecule has 0 spiro atoms. The van der Waals surface area contributed by atoms with Crippen LogP contribution in [0, 0.1) is 17.6 Å². The molecule has 27 heavy (non-hydrogen) atoms. The summed E-state index contributed by atoms with van der Waals surface area (Å²) in [6, 6.07) is 4.98. The predicted octanol–water partition coefficient (Wildman–Crippen LogP) is 3.32. The number of hydrogen-bond acceptors (Lipinski definition) is 5. The normalized spacial score (nSPS) is 14.9. The Morgan fingerprint density at radius 2 is 2.04 bits per heavy atom. The van der Waals surface area contributed by atoms with Crippen molar-refractivity contribution in [1.82, 2.24) is 14.9 Å². The largest absolute Gasteiger partial charge is 0.465 e. The Hall–Kier alpha value is -2.97. The lowest BCUT2D eigenvalue weighted by Crippen LogP contribution is -2.40. The van der Waals surface area contributed by atoms with E-state index in [0.717, 1.165) is 25.5 Å². The van der Waals surface area contributed by atoms with E-state index in [1.54, 1.807) is 6.07 Å². The summed E-state index contributed by atoms with van der Waals surface area (Å²) in [7, 11) is 1.90. The number of carbonyl (C=O) groups is 1. The molecule has 1 aromatic carbocycles. The Balaban J connectivity index is 1.62. The molecule has 1 aliphatic heterocycles. The fourth-order valence-corrected chi connectivity index (χ4v) is 3.14.